The minimum absolute atomic E-state index is 0.0442. The van der Waals surface area contributed by atoms with Crippen LogP contribution in [-0.2, 0) is 17.8 Å². The second-order valence-electron chi connectivity index (χ2n) is 10.1. The highest BCUT2D eigenvalue weighted by Gasteiger charge is 2.29. The maximum absolute atomic E-state index is 14.6. The first kappa shape index (κ1) is 31.6. The highest BCUT2D eigenvalue weighted by molar-refractivity contribution is 5.94. The van der Waals surface area contributed by atoms with E-state index < -0.39 is 48.0 Å². The van der Waals surface area contributed by atoms with Gasteiger partial charge < -0.3 is 29.8 Å². The Morgan fingerprint density at radius 1 is 1.05 bits per heavy atom. The molecule has 0 bridgehead atoms. The van der Waals surface area contributed by atoms with Gasteiger partial charge in [0, 0.05) is 42.8 Å². The van der Waals surface area contributed by atoms with Crippen molar-refractivity contribution >= 4 is 11.9 Å². The number of hydrogen-bond donors (Lipinski definition) is 2. The van der Waals surface area contributed by atoms with Gasteiger partial charge in [-0.3, -0.25) is 4.79 Å². The Bertz CT molecular complexity index is 1380. The van der Waals surface area contributed by atoms with Crippen molar-refractivity contribution in [1.82, 2.24) is 14.7 Å². The summed E-state index contributed by atoms with van der Waals surface area (Å²) in [7, 11) is 2.64. The summed E-state index contributed by atoms with van der Waals surface area (Å²) in [6.07, 6.45) is -2.92. The van der Waals surface area contributed by atoms with Crippen LogP contribution in [0.5, 0.6) is 5.75 Å². The average molecular weight is 577 g/mol. The summed E-state index contributed by atoms with van der Waals surface area (Å²) in [6.45, 7) is 3.41. The third-order valence-corrected chi connectivity index (χ3v) is 6.63. The van der Waals surface area contributed by atoms with Crippen LogP contribution in [0.15, 0.2) is 36.4 Å². The van der Waals surface area contributed by atoms with Crippen LogP contribution >= 0.6 is 0 Å². The Morgan fingerprint density at radius 2 is 1.71 bits per heavy atom. The first-order valence-corrected chi connectivity index (χ1v) is 13.0. The van der Waals surface area contributed by atoms with Crippen molar-refractivity contribution in [2.45, 2.75) is 64.2 Å². The fourth-order valence-corrected chi connectivity index (χ4v) is 4.64. The van der Waals surface area contributed by atoms with E-state index in [-0.39, 0.29) is 48.7 Å². The molecule has 9 nitrogen and oxygen atoms in total. The number of carbonyl (C=O) groups is 2. The molecular formula is C29H33F3N3O6-. The molecule has 0 spiro atoms. The zero-order valence-electron chi connectivity index (χ0n) is 23.2. The Hall–Kier alpha value is -3.90. The maximum Gasteiger partial charge on any atom is 0.274 e. The summed E-state index contributed by atoms with van der Waals surface area (Å²) >= 11 is 0. The van der Waals surface area contributed by atoms with Crippen molar-refractivity contribution in [1.29, 1.82) is 0 Å². The normalized spacial score (nSPS) is 12.8. The third-order valence-electron chi connectivity index (χ3n) is 6.63. The number of halogens is 3. The second kappa shape index (κ2) is 13.6. The molecule has 1 aromatic heterocycles. The van der Waals surface area contributed by atoms with Gasteiger partial charge in [-0.1, -0.05) is 19.9 Å². The van der Waals surface area contributed by atoms with Gasteiger partial charge in [-0.05, 0) is 55.5 Å². The Balaban J connectivity index is 1.97. The number of aliphatic carboxylic acids is 1. The number of aromatic nitrogens is 2. The Kier molecular flexibility index (Phi) is 10.5. The molecule has 0 unspecified atom stereocenters. The molecule has 41 heavy (non-hydrogen) atoms. The van der Waals surface area contributed by atoms with Gasteiger partial charge in [-0.15, -0.1) is 0 Å². The smallest absolute Gasteiger partial charge is 0.274 e. The first-order chi connectivity index (χ1) is 19.3. The number of nitrogens with zero attached hydrogens (tertiary/aromatic N) is 3. The first-order valence-electron chi connectivity index (χ1n) is 13.0. The highest BCUT2D eigenvalue weighted by Crippen LogP contribution is 2.30. The van der Waals surface area contributed by atoms with Crippen LogP contribution in [0.3, 0.4) is 0 Å². The van der Waals surface area contributed by atoms with Crippen molar-refractivity contribution in [2.24, 2.45) is 0 Å². The Labute approximate surface area is 235 Å². The molecule has 2 aromatic carbocycles. The predicted molar refractivity (Wildman–Crippen MR) is 141 cm³/mol. The van der Waals surface area contributed by atoms with E-state index in [9.17, 15) is 38.1 Å². The summed E-state index contributed by atoms with van der Waals surface area (Å²) in [5, 5.41) is 35.6. The van der Waals surface area contributed by atoms with E-state index in [2.05, 4.69) is 5.10 Å². The van der Waals surface area contributed by atoms with E-state index in [1.807, 2.05) is 13.8 Å². The van der Waals surface area contributed by atoms with E-state index in [0.717, 1.165) is 0 Å². The molecule has 222 valence electrons. The monoisotopic (exact) mass is 576 g/mol. The predicted octanol–water partition coefficient (Wildman–Crippen LogP) is 2.88. The number of rotatable bonds is 13. The number of amides is 1. The minimum atomic E-state index is -1.44. The minimum Gasteiger partial charge on any atom is -0.550 e. The SMILES string of the molecule is COc1ccc(CN(C)C(=O)c2nn(-c3ccc(F)cc3)c(CC[C@@H](O)C[C@@H](O)CC(=O)[O-])c2C(C)C)c(F)c1F. The van der Waals surface area contributed by atoms with Gasteiger partial charge in [-0.25, -0.2) is 13.5 Å². The van der Waals surface area contributed by atoms with Crippen LogP contribution in [-0.4, -0.2) is 63.1 Å². The molecule has 0 fully saturated rings. The molecule has 0 aliphatic rings. The van der Waals surface area contributed by atoms with Gasteiger partial charge in [0.25, 0.3) is 5.91 Å². The topological polar surface area (TPSA) is 128 Å². The standard InChI is InChI=1S/C29H34F3N3O6/c1-16(2)25-22(11-10-20(36)13-21(37)14-24(38)39)35(19-8-6-18(30)7-9-19)33-28(25)29(40)34(3)15-17-5-12-23(41-4)27(32)26(17)31/h5-9,12,16,20-21,36-37H,10-11,13-15H2,1-4H3,(H,38,39)/p-1/t20-,21-/m1/s1. The second-order valence-corrected chi connectivity index (χ2v) is 10.1. The van der Waals surface area contributed by atoms with Crippen LogP contribution in [0, 0.1) is 17.5 Å². The van der Waals surface area contributed by atoms with Crippen molar-refractivity contribution in [2.75, 3.05) is 14.2 Å². The number of aliphatic hydroxyl groups is 2. The molecule has 0 radical (unpaired) electrons. The summed E-state index contributed by atoms with van der Waals surface area (Å²) in [6, 6.07) is 8.00. The number of hydrogen-bond acceptors (Lipinski definition) is 7. The lowest BCUT2D eigenvalue weighted by molar-refractivity contribution is -0.307. The largest absolute Gasteiger partial charge is 0.550 e. The molecule has 0 saturated heterocycles. The lowest BCUT2D eigenvalue weighted by Crippen LogP contribution is -2.29. The maximum atomic E-state index is 14.6. The number of ether oxygens (including phenoxy) is 1. The van der Waals surface area contributed by atoms with Crippen molar-refractivity contribution < 1.29 is 42.8 Å². The molecule has 0 aliphatic heterocycles. The van der Waals surface area contributed by atoms with Gasteiger partial charge in [0.05, 0.1) is 25.0 Å². The van der Waals surface area contributed by atoms with Crippen LogP contribution in [0.2, 0.25) is 0 Å². The third kappa shape index (κ3) is 7.65. The van der Waals surface area contributed by atoms with Gasteiger partial charge in [-0.2, -0.15) is 9.49 Å². The Morgan fingerprint density at radius 3 is 2.29 bits per heavy atom. The molecule has 3 rings (SSSR count). The van der Waals surface area contributed by atoms with Crippen molar-refractivity contribution in [3.8, 4) is 11.4 Å². The summed E-state index contributed by atoms with van der Waals surface area (Å²) < 4.78 is 48.8. The van der Waals surface area contributed by atoms with Gasteiger partial charge in [0.1, 0.15) is 5.82 Å². The number of carboxylic acids is 1. The van der Waals surface area contributed by atoms with E-state index in [1.165, 1.54) is 60.1 Å². The molecule has 2 atom stereocenters. The van der Waals surface area contributed by atoms with Gasteiger partial charge >= 0.3 is 0 Å². The van der Waals surface area contributed by atoms with E-state index >= 15 is 0 Å². The quantitative estimate of drug-likeness (QED) is 0.320. The summed E-state index contributed by atoms with van der Waals surface area (Å²) in [5.41, 5.74) is 1.50. The van der Waals surface area contributed by atoms with E-state index in [4.69, 9.17) is 4.74 Å². The molecule has 1 amide bonds. The van der Waals surface area contributed by atoms with Crippen molar-refractivity contribution in [3.05, 3.63) is 76.4 Å². The average Bonchev–Trinajstić information content (AvgIpc) is 3.29. The lowest BCUT2D eigenvalue weighted by atomic mass is 9.95. The number of carboxylic acid groups (broad SMARTS) is 1. The zero-order chi connectivity index (χ0) is 30.4. The molecule has 2 N–H and O–H groups in total. The van der Waals surface area contributed by atoms with Gasteiger partial charge in [0.2, 0.25) is 5.82 Å². The fraction of sp³-hybridized carbons (Fsp3) is 0.414. The van der Waals surface area contributed by atoms with Crippen LogP contribution in [0.4, 0.5) is 13.2 Å². The van der Waals surface area contributed by atoms with Gasteiger partial charge in [0.15, 0.2) is 17.3 Å². The number of methoxy groups -OCH3 is 1. The highest BCUT2D eigenvalue weighted by atomic mass is 19.2. The van der Waals surface area contributed by atoms with E-state index in [0.29, 0.717) is 16.9 Å². The molecule has 0 saturated carbocycles. The van der Waals surface area contributed by atoms with E-state index in [1.54, 1.807) is 0 Å². The summed E-state index contributed by atoms with van der Waals surface area (Å²) in [5.74, 6) is -5.31. The van der Waals surface area contributed by atoms with Crippen LogP contribution in [0.1, 0.15) is 66.3 Å². The summed E-state index contributed by atoms with van der Waals surface area (Å²) in [4.78, 5) is 25.6. The van der Waals surface area contributed by atoms with Crippen LogP contribution < -0.4 is 9.84 Å². The zero-order valence-corrected chi connectivity index (χ0v) is 23.2. The van der Waals surface area contributed by atoms with Crippen LogP contribution in [0.25, 0.3) is 5.69 Å². The molecule has 1 heterocycles. The molecule has 12 heteroatoms. The lowest BCUT2D eigenvalue weighted by Gasteiger charge is -2.19. The van der Waals surface area contributed by atoms with Crippen molar-refractivity contribution in [3.63, 3.8) is 0 Å². The number of benzene rings is 2. The molecule has 3 aromatic rings. The number of aliphatic hydroxyl groups excluding tert-OH is 2. The fourth-order valence-electron chi connectivity index (χ4n) is 4.64. The molecular weight excluding hydrogens is 543 g/mol. The molecule has 0 aliphatic carbocycles. The number of carbonyl (C=O) groups excluding carboxylic acids is 2.